The summed E-state index contributed by atoms with van der Waals surface area (Å²) in [5.74, 6) is 0.179. The number of benzene rings is 2. The quantitative estimate of drug-likeness (QED) is 0.418. The van der Waals surface area contributed by atoms with Crippen molar-refractivity contribution in [3.8, 4) is 28.3 Å². The first kappa shape index (κ1) is 21.4. The minimum absolute atomic E-state index is 0.104. The fraction of sp³-hybridized carbons (Fsp3) is 0.130. The second-order valence-corrected chi connectivity index (χ2v) is 7.53. The minimum Gasteiger partial charge on any atom is -0.494 e. The van der Waals surface area contributed by atoms with Gasteiger partial charge >= 0.3 is 6.18 Å². The Morgan fingerprint density at radius 2 is 1.71 bits per heavy atom. The summed E-state index contributed by atoms with van der Waals surface area (Å²) in [4.78, 5) is 37.3. The summed E-state index contributed by atoms with van der Waals surface area (Å²) in [7, 11) is 1.41. The number of hydrogen-bond donors (Lipinski definition) is 2. The lowest BCUT2D eigenvalue weighted by Gasteiger charge is -2.09. The van der Waals surface area contributed by atoms with E-state index in [0.717, 1.165) is 4.52 Å². The molecule has 0 aliphatic carbocycles. The molecule has 0 fully saturated rings. The molecule has 0 aliphatic rings. The molecular formula is C23H16F3N5O3. The van der Waals surface area contributed by atoms with Gasteiger partial charge in [0, 0.05) is 0 Å². The van der Waals surface area contributed by atoms with E-state index < -0.39 is 23.0 Å². The average Bonchev–Trinajstić information content (AvgIpc) is 3.19. The van der Waals surface area contributed by atoms with Crippen molar-refractivity contribution in [3.63, 3.8) is 0 Å². The van der Waals surface area contributed by atoms with Crippen LogP contribution in [0.4, 0.5) is 13.2 Å². The van der Waals surface area contributed by atoms with Gasteiger partial charge in [-0.05, 0) is 24.6 Å². The van der Waals surface area contributed by atoms with Crippen molar-refractivity contribution in [1.82, 2.24) is 24.6 Å². The molecular weight excluding hydrogens is 451 g/mol. The molecule has 5 rings (SSSR count). The Kier molecular flexibility index (Phi) is 4.78. The van der Waals surface area contributed by atoms with Crippen LogP contribution in [0.1, 0.15) is 11.4 Å². The zero-order valence-electron chi connectivity index (χ0n) is 17.8. The molecule has 3 aromatic heterocycles. The summed E-state index contributed by atoms with van der Waals surface area (Å²) in [6.07, 6.45) is -4.78. The predicted octanol–water partition coefficient (Wildman–Crippen LogP) is 3.93. The fourth-order valence-electron chi connectivity index (χ4n) is 3.95. The topological polar surface area (TPSA) is 105 Å². The number of halogens is 3. The number of alkyl halides is 3. The Bertz CT molecular complexity index is 1680. The maximum absolute atomic E-state index is 13.9. The van der Waals surface area contributed by atoms with Gasteiger partial charge in [-0.25, -0.2) is 9.97 Å². The predicted molar refractivity (Wildman–Crippen MR) is 119 cm³/mol. The van der Waals surface area contributed by atoms with Crippen LogP contribution in [0, 0.1) is 6.92 Å². The van der Waals surface area contributed by atoms with Gasteiger partial charge < -0.3 is 9.72 Å². The molecule has 3 heterocycles. The van der Waals surface area contributed by atoms with E-state index in [2.05, 4.69) is 20.1 Å². The normalized spacial score (nSPS) is 11.9. The lowest BCUT2D eigenvalue weighted by molar-refractivity contribution is -0.140. The first-order valence-corrected chi connectivity index (χ1v) is 10.1. The van der Waals surface area contributed by atoms with Gasteiger partial charge in [0.25, 0.3) is 11.1 Å². The van der Waals surface area contributed by atoms with E-state index in [1.54, 1.807) is 36.4 Å². The van der Waals surface area contributed by atoms with Crippen molar-refractivity contribution in [2.24, 2.45) is 0 Å². The number of H-pyrrole nitrogens is 2. The number of methoxy groups -OCH3 is 1. The lowest BCUT2D eigenvalue weighted by atomic mass is 10.1. The van der Waals surface area contributed by atoms with E-state index >= 15 is 0 Å². The third-order valence-electron chi connectivity index (χ3n) is 5.46. The molecule has 0 atom stereocenters. The highest BCUT2D eigenvalue weighted by Crippen LogP contribution is 2.38. The van der Waals surface area contributed by atoms with Gasteiger partial charge in [0.2, 0.25) is 0 Å². The number of ether oxygens (including phenoxy) is 1. The standard InChI is InChI=1S/C23H16F3N5O3/c1-11-15(19-28-17-13(21(32)29-19)9-6-10-14(17)34-2)22(33)31-20(27-11)16(12-7-4-3-5-8-12)18(30-31)23(24,25)26/h3-10,30H,1-2H3,(H,28,29,32). The van der Waals surface area contributed by atoms with Crippen LogP contribution < -0.4 is 15.9 Å². The summed E-state index contributed by atoms with van der Waals surface area (Å²) in [6.45, 7) is 1.47. The molecule has 8 nitrogen and oxygen atoms in total. The van der Waals surface area contributed by atoms with Crippen LogP contribution in [-0.4, -0.2) is 31.7 Å². The van der Waals surface area contributed by atoms with Crippen LogP contribution in [0.2, 0.25) is 0 Å². The molecule has 0 bridgehead atoms. The number of nitrogens with zero attached hydrogens (tertiary/aromatic N) is 3. The monoisotopic (exact) mass is 467 g/mol. The largest absolute Gasteiger partial charge is 0.494 e. The first-order valence-electron chi connectivity index (χ1n) is 10.1. The minimum atomic E-state index is -4.78. The van der Waals surface area contributed by atoms with E-state index in [4.69, 9.17) is 4.74 Å². The first-order chi connectivity index (χ1) is 16.2. The molecule has 5 aromatic rings. The van der Waals surface area contributed by atoms with Gasteiger partial charge in [-0.2, -0.15) is 17.7 Å². The summed E-state index contributed by atoms with van der Waals surface area (Å²) in [6, 6.07) is 12.6. The van der Waals surface area contributed by atoms with E-state index in [0.29, 0.717) is 5.75 Å². The van der Waals surface area contributed by atoms with Gasteiger partial charge in [0.15, 0.2) is 5.65 Å². The molecule has 0 saturated carbocycles. The summed E-state index contributed by atoms with van der Waals surface area (Å²) in [5.41, 5.74) is -2.50. The van der Waals surface area contributed by atoms with Crippen molar-refractivity contribution in [2.45, 2.75) is 13.1 Å². The van der Waals surface area contributed by atoms with E-state index in [9.17, 15) is 22.8 Å². The van der Waals surface area contributed by atoms with Crippen molar-refractivity contribution >= 4 is 16.6 Å². The second-order valence-electron chi connectivity index (χ2n) is 7.53. The number of rotatable bonds is 3. The molecule has 34 heavy (non-hydrogen) atoms. The molecule has 11 heteroatoms. The Balaban J connectivity index is 1.85. The summed E-state index contributed by atoms with van der Waals surface area (Å²) >= 11 is 0. The van der Waals surface area contributed by atoms with Gasteiger partial charge in [-0.15, -0.1) is 0 Å². The highest BCUT2D eigenvalue weighted by Gasteiger charge is 2.38. The third-order valence-corrected chi connectivity index (χ3v) is 5.46. The van der Waals surface area contributed by atoms with Crippen molar-refractivity contribution in [1.29, 1.82) is 0 Å². The zero-order chi connectivity index (χ0) is 24.2. The molecule has 2 aromatic carbocycles. The zero-order valence-corrected chi connectivity index (χ0v) is 17.8. The highest BCUT2D eigenvalue weighted by molar-refractivity contribution is 5.86. The van der Waals surface area contributed by atoms with Crippen LogP contribution in [0.3, 0.4) is 0 Å². The summed E-state index contributed by atoms with van der Waals surface area (Å²) < 4.78 is 47.7. The van der Waals surface area contributed by atoms with Gasteiger partial charge in [0.05, 0.1) is 23.8 Å². The second kappa shape index (κ2) is 7.58. The smallest absolute Gasteiger partial charge is 0.433 e. The van der Waals surface area contributed by atoms with Gasteiger partial charge in [-0.1, -0.05) is 36.4 Å². The molecule has 0 amide bonds. The Morgan fingerprint density at radius 3 is 2.38 bits per heavy atom. The summed E-state index contributed by atoms with van der Waals surface area (Å²) in [5, 5.41) is 2.39. The average molecular weight is 467 g/mol. The maximum atomic E-state index is 13.9. The van der Waals surface area contributed by atoms with Crippen LogP contribution in [0.5, 0.6) is 5.75 Å². The molecule has 0 unspecified atom stereocenters. The lowest BCUT2D eigenvalue weighted by Crippen LogP contribution is -2.22. The van der Waals surface area contributed by atoms with Crippen LogP contribution >= 0.6 is 0 Å². The molecule has 0 radical (unpaired) electrons. The molecule has 172 valence electrons. The number of fused-ring (bicyclic) bond motifs is 2. The Morgan fingerprint density at radius 1 is 0.971 bits per heavy atom. The Labute approximate surface area is 188 Å². The SMILES string of the molecule is COc1cccc2c(=O)[nH]c(-c3c(C)nc4c(-c5ccccc5)c(C(F)(F)F)[nH]n4c3=O)nc12. The number of aromatic amines is 2. The highest BCUT2D eigenvalue weighted by atomic mass is 19.4. The molecule has 0 saturated heterocycles. The number of aromatic nitrogens is 5. The van der Waals surface area contributed by atoms with E-state index in [1.165, 1.54) is 26.2 Å². The number of aryl methyl sites for hydroxylation is 1. The van der Waals surface area contributed by atoms with Crippen molar-refractivity contribution in [2.75, 3.05) is 7.11 Å². The van der Waals surface area contributed by atoms with E-state index in [-0.39, 0.29) is 44.8 Å². The molecule has 0 aliphatic heterocycles. The molecule has 2 N–H and O–H groups in total. The third kappa shape index (κ3) is 3.24. The van der Waals surface area contributed by atoms with Crippen molar-refractivity contribution < 1.29 is 17.9 Å². The number of nitrogens with one attached hydrogen (secondary N) is 2. The van der Waals surface area contributed by atoms with Crippen LogP contribution in [0.25, 0.3) is 39.1 Å². The van der Waals surface area contributed by atoms with Gasteiger partial charge in [0.1, 0.15) is 28.3 Å². The van der Waals surface area contributed by atoms with Crippen molar-refractivity contribution in [3.05, 3.63) is 80.6 Å². The van der Waals surface area contributed by atoms with Crippen LogP contribution in [0.15, 0.2) is 58.1 Å². The molecule has 0 spiro atoms. The van der Waals surface area contributed by atoms with Gasteiger partial charge in [-0.3, -0.25) is 14.7 Å². The van der Waals surface area contributed by atoms with E-state index in [1.807, 2.05) is 0 Å². The van der Waals surface area contributed by atoms with Crippen LogP contribution in [-0.2, 0) is 6.18 Å². The number of hydrogen-bond acceptors (Lipinski definition) is 5. The fourth-order valence-corrected chi connectivity index (χ4v) is 3.95. The Hall–Kier alpha value is -4.41. The maximum Gasteiger partial charge on any atom is 0.433 e. The number of para-hydroxylation sites is 1.